The maximum atomic E-state index is 11.2. The second kappa shape index (κ2) is 18.8. The molecule has 3 aliphatic heterocycles. The Bertz CT molecular complexity index is 1310. The lowest BCUT2D eigenvalue weighted by molar-refractivity contribution is -0.121. The van der Waals surface area contributed by atoms with Gasteiger partial charge in [-0.3, -0.25) is 28.8 Å². The third-order valence-corrected chi connectivity index (χ3v) is 5.47. The van der Waals surface area contributed by atoms with Crippen molar-refractivity contribution in [3.05, 3.63) is 127 Å². The van der Waals surface area contributed by atoms with Crippen molar-refractivity contribution in [2.75, 3.05) is 14.7 Å². The Morgan fingerprint density at radius 2 is 0.489 bits per heavy atom. The molecule has 6 amide bonds. The Kier molecular flexibility index (Phi) is 14.8. The van der Waals surface area contributed by atoms with Gasteiger partial charge in [-0.15, -0.1) is 0 Å². The first-order chi connectivity index (χ1) is 21.7. The van der Waals surface area contributed by atoms with E-state index in [1.807, 2.05) is 18.2 Å². The largest absolute Gasteiger partial charge is 0.269 e. The minimum absolute atomic E-state index is 0.281. The van der Waals surface area contributed by atoms with E-state index in [1.54, 1.807) is 72.8 Å². The highest BCUT2D eigenvalue weighted by molar-refractivity contribution is 6.29. The second-order valence-corrected chi connectivity index (χ2v) is 9.46. The Labute approximate surface area is 263 Å². The molecule has 0 atom stereocenters. The normalized spacial score (nSPS) is 14.3. The van der Waals surface area contributed by atoms with Gasteiger partial charge >= 0.3 is 0 Å². The van der Waals surface area contributed by atoms with Crippen LogP contribution in [-0.4, -0.2) is 35.4 Å². The Morgan fingerprint density at radius 3 is 0.644 bits per heavy atom. The molecule has 6 rings (SSSR count). The van der Waals surface area contributed by atoms with E-state index >= 15 is 0 Å². The average molecular weight is 608 g/mol. The van der Waals surface area contributed by atoms with Gasteiger partial charge in [0.15, 0.2) is 0 Å². The molecular weight excluding hydrogens is 570 g/mol. The molecule has 3 aromatic carbocycles. The number of nitrogens with zero attached hydrogens (tertiary/aromatic N) is 3. The van der Waals surface area contributed by atoms with Crippen molar-refractivity contribution in [2.24, 2.45) is 0 Å². The topological polar surface area (TPSA) is 112 Å². The van der Waals surface area contributed by atoms with Gasteiger partial charge in [-0.25, -0.2) is 14.7 Å². The van der Waals surface area contributed by atoms with Crippen LogP contribution in [0.4, 0.5) is 17.1 Å². The Hall–Kier alpha value is -5.70. The summed E-state index contributed by atoms with van der Waals surface area (Å²) in [6.07, 6.45) is 10.1. The molecule has 0 aliphatic carbocycles. The lowest BCUT2D eigenvalue weighted by atomic mass is 10.3. The number of anilines is 3. The Morgan fingerprint density at radius 1 is 0.333 bits per heavy atom. The number of amides is 6. The van der Waals surface area contributed by atoms with Crippen LogP contribution in [0.15, 0.2) is 127 Å². The molecule has 0 bridgehead atoms. The van der Waals surface area contributed by atoms with Crippen molar-refractivity contribution >= 4 is 52.5 Å². The third kappa shape index (κ3) is 10.5. The first-order valence-electron chi connectivity index (χ1n) is 14.5. The zero-order valence-corrected chi connectivity index (χ0v) is 25.8. The maximum absolute atomic E-state index is 11.2. The standard InChI is InChI=1S/3C10H7NO2.2C3H8/c3*12-9-6-7-10(13)11(9)8-4-2-1-3-5-8;2*1-3-2/h3*1-7H;2*3H2,1-2H3. The van der Waals surface area contributed by atoms with E-state index < -0.39 is 0 Å². The summed E-state index contributed by atoms with van der Waals surface area (Å²) in [4.78, 5) is 70.6. The highest BCUT2D eigenvalue weighted by atomic mass is 16.2. The summed E-state index contributed by atoms with van der Waals surface area (Å²) >= 11 is 0. The molecule has 0 N–H and O–H groups in total. The van der Waals surface area contributed by atoms with Crippen LogP contribution in [0.1, 0.15) is 40.5 Å². The van der Waals surface area contributed by atoms with Gasteiger partial charge in [-0.2, -0.15) is 0 Å². The van der Waals surface area contributed by atoms with E-state index in [-0.39, 0.29) is 35.4 Å². The van der Waals surface area contributed by atoms with Crippen molar-refractivity contribution in [1.82, 2.24) is 0 Å². The number of para-hydroxylation sites is 3. The molecule has 9 nitrogen and oxygen atoms in total. The molecule has 3 aliphatic rings. The van der Waals surface area contributed by atoms with Gasteiger partial charge in [-0.05, 0) is 36.4 Å². The van der Waals surface area contributed by atoms with Gasteiger partial charge in [0.25, 0.3) is 35.4 Å². The fourth-order valence-corrected chi connectivity index (χ4v) is 3.70. The van der Waals surface area contributed by atoms with Crippen LogP contribution >= 0.6 is 0 Å². The molecule has 0 saturated carbocycles. The number of hydrogen-bond donors (Lipinski definition) is 0. The highest BCUT2D eigenvalue weighted by Gasteiger charge is 2.26. The van der Waals surface area contributed by atoms with Crippen LogP contribution < -0.4 is 14.7 Å². The summed E-state index contributed by atoms with van der Waals surface area (Å²) in [6.45, 7) is 8.50. The predicted octanol–water partition coefficient (Wildman–Crippen LogP) is 6.18. The van der Waals surface area contributed by atoms with Crippen molar-refractivity contribution in [2.45, 2.75) is 40.5 Å². The van der Waals surface area contributed by atoms with Crippen LogP contribution in [0, 0.1) is 0 Å². The van der Waals surface area contributed by atoms with Gasteiger partial charge in [-0.1, -0.05) is 95.1 Å². The summed E-state index contributed by atoms with van der Waals surface area (Å²) in [5, 5.41) is 0. The first kappa shape index (κ1) is 35.5. The van der Waals surface area contributed by atoms with E-state index in [2.05, 4.69) is 27.7 Å². The predicted molar refractivity (Wildman–Crippen MR) is 176 cm³/mol. The molecule has 9 heteroatoms. The number of hydrogen-bond acceptors (Lipinski definition) is 6. The molecular formula is C36H37N3O6. The van der Waals surface area contributed by atoms with Gasteiger partial charge in [0.05, 0.1) is 17.1 Å². The molecule has 45 heavy (non-hydrogen) atoms. The minimum Gasteiger partial charge on any atom is -0.269 e. The fourth-order valence-electron chi connectivity index (χ4n) is 3.70. The van der Waals surface area contributed by atoms with Gasteiger partial charge < -0.3 is 0 Å². The van der Waals surface area contributed by atoms with Crippen LogP contribution in [-0.2, 0) is 28.8 Å². The van der Waals surface area contributed by atoms with E-state index in [0.29, 0.717) is 17.1 Å². The van der Waals surface area contributed by atoms with E-state index in [1.165, 1.54) is 49.3 Å². The third-order valence-electron chi connectivity index (χ3n) is 5.47. The van der Waals surface area contributed by atoms with E-state index in [4.69, 9.17) is 0 Å². The SMILES string of the molecule is CCC.CCC.O=C1C=CC(=O)N1c1ccccc1.O=C1C=CC(=O)N1c1ccccc1.O=C1C=CC(=O)N1c1ccccc1. The van der Waals surface area contributed by atoms with Crippen molar-refractivity contribution < 1.29 is 28.8 Å². The highest BCUT2D eigenvalue weighted by Crippen LogP contribution is 2.19. The zero-order valence-electron chi connectivity index (χ0n) is 25.8. The zero-order chi connectivity index (χ0) is 33.2. The van der Waals surface area contributed by atoms with Crippen molar-refractivity contribution in [3.63, 3.8) is 0 Å². The molecule has 0 spiro atoms. The average Bonchev–Trinajstić information content (AvgIpc) is 3.69. The molecule has 0 saturated heterocycles. The summed E-state index contributed by atoms with van der Waals surface area (Å²) in [7, 11) is 0. The monoisotopic (exact) mass is 607 g/mol. The summed E-state index contributed by atoms with van der Waals surface area (Å²) in [5.41, 5.74) is 1.84. The molecule has 0 aromatic heterocycles. The van der Waals surface area contributed by atoms with Gasteiger partial charge in [0.2, 0.25) is 0 Å². The second-order valence-electron chi connectivity index (χ2n) is 9.46. The Balaban J connectivity index is 0.000000216. The van der Waals surface area contributed by atoms with Crippen LogP contribution in [0.3, 0.4) is 0 Å². The fraction of sp³-hybridized carbons (Fsp3) is 0.167. The minimum atomic E-state index is -0.281. The van der Waals surface area contributed by atoms with Gasteiger partial charge in [0, 0.05) is 36.5 Å². The quantitative estimate of drug-likeness (QED) is 0.329. The number of imide groups is 3. The van der Waals surface area contributed by atoms with E-state index in [9.17, 15) is 28.8 Å². The summed E-state index contributed by atoms with van der Waals surface area (Å²) in [5.74, 6) is -1.69. The molecule has 0 radical (unpaired) electrons. The molecule has 0 unspecified atom stereocenters. The molecule has 0 fully saturated rings. The summed E-state index contributed by atoms with van der Waals surface area (Å²) < 4.78 is 0. The molecule has 3 aromatic rings. The first-order valence-corrected chi connectivity index (χ1v) is 14.5. The van der Waals surface area contributed by atoms with Crippen molar-refractivity contribution in [1.29, 1.82) is 0 Å². The number of carbonyl (C=O) groups is 6. The smallest absolute Gasteiger partial charge is 0.258 e. The summed E-state index contributed by atoms with van der Waals surface area (Å²) in [6, 6.07) is 26.6. The number of carbonyl (C=O) groups excluding carboxylic acids is 6. The van der Waals surface area contributed by atoms with E-state index in [0.717, 1.165) is 14.7 Å². The lowest BCUT2D eigenvalue weighted by Crippen LogP contribution is -2.29. The molecule has 232 valence electrons. The van der Waals surface area contributed by atoms with Gasteiger partial charge in [0.1, 0.15) is 0 Å². The van der Waals surface area contributed by atoms with Crippen LogP contribution in [0.5, 0.6) is 0 Å². The van der Waals surface area contributed by atoms with Crippen LogP contribution in [0.2, 0.25) is 0 Å². The lowest BCUT2D eigenvalue weighted by Gasteiger charge is -2.12. The number of rotatable bonds is 3. The molecule has 3 heterocycles. The number of benzene rings is 3. The van der Waals surface area contributed by atoms with Crippen LogP contribution in [0.25, 0.3) is 0 Å². The maximum Gasteiger partial charge on any atom is 0.258 e. The van der Waals surface area contributed by atoms with Crippen molar-refractivity contribution in [3.8, 4) is 0 Å².